The van der Waals surface area contributed by atoms with Crippen LogP contribution >= 0.6 is 0 Å². The van der Waals surface area contributed by atoms with Gasteiger partial charge in [-0.3, -0.25) is 0 Å². The molecule has 0 aromatic carbocycles. The Bertz CT molecular complexity index is 69.1. The van der Waals surface area contributed by atoms with Crippen molar-refractivity contribution in [2.45, 2.75) is 0 Å². The van der Waals surface area contributed by atoms with Crippen molar-refractivity contribution in [1.82, 2.24) is 0 Å². The van der Waals surface area contributed by atoms with Crippen molar-refractivity contribution in [3.05, 3.63) is 0 Å². The Labute approximate surface area is 60.2 Å². The molecule has 0 bridgehead atoms. The number of hydrogen-bond donors (Lipinski definition) is 0. The molecule has 0 spiro atoms. The molecule has 0 aliphatic carbocycles. The van der Waals surface area contributed by atoms with Gasteiger partial charge in [-0.1, -0.05) is 0 Å². The van der Waals surface area contributed by atoms with E-state index in [1.807, 2.05) is 0 Å². The van der Waals surface area contributed by atoms with Gasteiger partial charge in [-0.25, -0.2) is 0 Å². The van der Waals surface area contributed by atoms with Gasteiger partial charge in [0.1, 0.15) is 0 Å². The van der Waals surface area contributed by atoms with Crippen molar-refractivity contribution < 1.29 is 47.1 Å². The van der Waals surface area contributed by atoms with Gasteiger partial charge in [0.05, 0.1) is 0 Å². The molecular weight excluding hydrogens is 184 g/mol. The zero-order chi connectivity index (χ0) is 7.15. The summed E-state index contributed by atoms with van der Waals surface area (Å²) in [5, 5.41) is 33.3. The first-order chi connectivity index (χ1) is 3.46. The van der Waals surface area contributed by atoms with Crippen molar-refractivity contribution in [3.63, 3.8) is 0 Å². The van der Waals surface area contributed by atoms with E-state index in [0.29, 0.717) is 0 Å². The van der Waals surface area contributed by atoms with Crippen molar-refractivity contribution in [2.24, 2.45) is 0 Å². The Morgan fingerprint density at radius 2 is 0.778 bits per heavy atom. The van der Waals surface area contributed by atoms with E-state index in [1.165, 1.54) is 0 Å². The van der Waals surface area contributed by atoms with Gasteiger partial charge < -0.3 is 30.0 Å². The third kappa shape index (κ3) is 204. The summed E-state index contributed by atoms with van der Waals surface area (Å²) in [5.74, 6) is 0. The third-order valence-electron chi connectivity index (χ3n) is 0. The molecule has 0 aliphatic rings. The Kier molecular flexibility index (Phi) is 17.7. The Balaban J connectivity index is -0.0000000720. The van der Waals surface area contributed by atoms with Crippen LogP contribution < -0.4 is 20.4 Å². The van der Waals surface area contributed by atoms with Gasteiger partial charge in [-0.15, -0.1) is 0 Å². The fourth-order valence-corrected chi connectivity index (χ4v) is 0. The molecule has 0 fully saturated rings. The smallest absolute Gasteiger partial charge is 0.652 e. The summed E-state index contributed by atoms with van der Waals surface area (Å²) in [6.07, 6.45) is -4.67. The summed E-state index contributed by atoms with van der Waals surface area (Å²) in [6.45, 7) is 0. The van der Waals surface area contributed by atoms with Crippen LogP contribution in [0.1, 0.15) is 0 Å². The number of hydrogen-bond acceptors (Lipinski definition) is 6. The summed E-state index contributed by atoms with van der Waals surface area (Å²) in [7, 11) is 0. The largest absolute Gasteiger partial charge is 4.00 e. The first kappa shape index (κ1) is 15.7. The molecule has 0 amide bonds. The normalized spacial score (nSPS) is 5.33. The predicted molar refractivity (Wildman–Crippen MR) is 10.8 cm³/mol. The summed E-state index contributed by atoms with van der Waals surface area (Å²) >= 11 is 0. The van der Waals surface area contributed by atoms with Crippen LogP contribution in [0.3, 0.4) is 0 Å². The van der Waals surface area contributed by atoms with Gasteiger partial charge in [-0.05, 0) is 12.3 Å². The molecule has 7 heteroatoms. The summed E-state index contributed by atoms with van der Waals surface area (Å²) in [5.41, 5.74) is 0. The summed E-state index contributed by atoms with van der Waals surface area (Å²) in [4.78, 5) is 16.7. The molecule has 0 aromatic heterocycles. The van der Waals surface area contributed by atoms with Gasteiger partial charge in [0, 0.05) is 0 Å². The van der Waals surface area contributed by atoms with Gasteiger partial charge in [0.15, 0.2) is 0 Å². The van der Waals surface area contributed by atoms with E-state index in [0.717, 1.165) is 0 Å². The molecule has 0 unspecified atom stereocenters. The van der Waals surface area contributed by atoms with Gasteiger partial charge >= 0.3 is 17.1 Å². The number of carbonyl (C=O) groups excluding carboxylic acids is 2. The number of rotatable bonds is 0. The van der Waals surface area contributed by atoms with Crippen molar-refractivity contribution in [2.75, 3.05) is 0 Å². The van der Waals surface area contributed by atoms with E-state index in [-0.39, 0.29) is 17.1 Å². The van der Waals surface area contributed by atoms with Crippen molar-refractivity contribution in [1.29, 1.82) is 0 Å². The van der Waals surface area contributed by atoms with E-state index in [2.05, 4.69) is 0 Å². The van der Waals surface area contributed by atoms with Crippen LogP contribution in [0.15, 0.2) is 0 Å². The molecule has 0 N–H and O–H groups in total. The second-order valence-corrected chi connectivity index (χ2v) is 0.500. The molecule has 55 valence electrons. The minimum absolute atomic E-state index is 0. The Morgan fingerprint density at radius 1 is 0.778 bits per heavy atom. The van der Waals surface area contributed by atoms with Gasteiger partial charge in [0.2, 0.25) is 0 Å². The molecule has 6 nitrogen and oxygen atoms in total. The van der Waals surface area contributed by atoms with Crippen LogP contribution in [-0.2, 0) is 17.1 Å². The number of carboxylic acid groups (broad SMARTS) is 4. The summed E-state index contributed by atoms with van der Waals surface area (Å²) in [6, 6.07) is 0. The second kappa shape index (κ2) is 10.1. The van der Waals surface area contributed by atoms with E-state index in [1.54, 1.807) is 0 Å². The minimum atomic E-state index is -2.33. The molecule has 0 aliphatic heterocycles. The minimum Gasteiger partial charge on any atom is -0.652 e. The van der Waals surface area contributed by atoms with Crippen LogP contribution in [0.2, 0.25) is 0 Å². The molecule has 0 rings (SSSR count). The van der Waals surface area contributed by atoms with E-state index >= 15 is 0 Å². The molecule has 0 saturated heterocycles. The Hall–Kier alpha value is -0.941. The quantitative estimate of drug-likeness (QED) is 0.347. The maximum Gasteiger partial charge on any atom is 4.00 e. The third-order valence-corrected chi connectivity index (χ3v) is 0. The predicted octanol–water partition coefficient (Wildman–Crippen LogP) is -4.90. The maximum absolute atomic E-state index is 8.33. The van der Waals surface area contributed by atoms with Crippen LogP contribution in [0.5, 0.6) is 0 Å². The van der Waals surface area contributed by atoms with E-state index in [4.69, 9.17) is 30.0 Å². The first-order valence-electron chi connectivity index (χ1n) is 1.22. The van der Waals surface area contributed by atoms with Crippen LogP contribution in [0.25, 0.3) is 0 Å². The monoisotopic (exact) mass is 183 g/mol. The zero-order valence-electron chi connectivity index (χ0n) is 3.75. The standard InChI is InChI=1S/2CH2O3.Cu/c2*2-1(3)4;/h2*(H2,2,3,4);/q;;+4/p-4. The fraction of sp³-hybridized carbons (Fsp3) is 0. The van der Waals surface area contributed by atoms with Gasteiger partial charge in [0.25, 0.3) is 0 Å². The molecule has 9 heavy (non-hydrogen) atoms. The number of carbonyl (C=O) groups is 2. The van der Waals surface area contributed by atoms with Gasteiger partial charge in [-0.2, -0.15) is 0 Å². The molecule has 0 saturated carbocycles. The topological polar surface area (TPSA) is 126 Å². The van der Waals surface area contributed by atoms with E-state index in [9.17, 15) is 0 Å². The Morgan fingerprint density at radius 3 is 0.778 bits per heavy atom. The van der Waals surface area contributed by atoms with E-state index < -0.39 is 12.3 Å². The van der Waals surface area contributed by atoms with Crippen LogP contribution in [0, 0.1) is 0 Å². The van der Waals surface area contributed by atoms with Crippen molar-refractivity contribution in [3.8, 4) is 0 Å². The summed E-state index contributed by atoms with van der Waals surface area (Å²) < 4.78 is 0. The molecule has 1 radical (unpaired) electrons. The molecular formula is C2CuO6. The molecule has 0 aromatic rings. The molecule has 0 heterocycles. The SMILES string of the molecule is O=C([O-])[O-].O=C([O-])[O-].[Cu+4]. The second-order valence-electron chi connectivity index (χ2n) is 0.500. The first-order valence-corrected chi connectivity index (χ1v) is 1.22. The molecule has 0 atom stereocenters. The van der Waals surface area contributed by atoms with Crippen LogP contribution in [0.4, 0.5) is 9.59 Å². The maximum atomic E-state index is 8.33. The average molecular weight is 184 g/mol. The zero-order valence-corrected chi connectivity index (χ0v) is 4.69. The van der Waals surface area contributed by atoms with Crippen LogP contribution in [-0.4, -0.2) is 12.3 Å². The van der Waals surface area contributed by atoms with Crippen molar-refractivity contribution >= 4 is 12.3 Å². The fourth-order valence-electron chi connectivity index (χ4n) is 0. The average Bonchev–Trinajstić information content (AvgIpc) is 1.25.